The third kappa shape index (κ3) is 3.91. The minimum atomic E-state index is -0.860. The van der Waals surface area contributed by atoms with E-state index in [9.17, 15) is 9.59 Å². The second kappa shape index (κ2) is 5.93. The zero-order valence-electron chi connectivity index (χ0n) is 8.01. The standard InChI is InChI=1S/C11H10O3S/c1-2-6-14-11(13)10(12)4-3-9-5-7-15-8-9/h2-5,7-8H,1,6H2/b4-3+. The number of hydrogen-bond acceptors (Lipinski definition) is 4. The summed E-state index contributed by atoms with van der Waals surface area (Å²) in [5.74, 6) is -1.52. The SMILES string of the molecule is C=CCOC(=O)C(=O)/C=C/c1ccsc1. The average molecular weight is 222 g/mol. The van der Waals surface area contributed by atoms with Gasteiger partial charge in [0.05, 0.1) is 0 Å². The molecule has 0 aliphatic carbocycles. The van der Waals surface area contributed by atoms with Gasteiger partial charge in [-0.2, -0.15) is 11.3 Å². The lowest BCUT2D eigenvalue weighted by Crippen LogP contribution is -2.14. The lowest BCUT2D eigenvalue weighted by molar-refractivity contribution is -0.150. The number of carbonyl (C=O) groups is 2. The maximum Gasteiger partial charge on any atom is 0.379 e. The molecular weight excluding hydrogens is 212 g/mol. The molecule has 0 atom stereocenters. The first-order valence-corrected chi connectivity index (χ1v) is 5.20. The van der Waals surface area contributed by atoms with Crippen molar-refractivity contribution in [1.29, 1.82) is 0 Å². The molecule has 4 heteroatoms. The van der Waals surface area contributed by atoms with E-state index in [-0.39, 0.29) is 6.61 Å². The van der Waals surface area contributed by atoms with Gasteiger partial charge in [-0.3, -0.25) is 4.79 Å². The maximum atomic E-state index is 11.2. The summed E-state index contributed by atoms with van der Waals surface area (Å²) in [6.45, 7) is 3.43. The van der Waals surface area contributed by atoms with Gasteiger partial charge in [0, 0.05) is 0 Å². The predicted molar refractivity (Wildman–Crippen MR) is 59.5 cm³/mol. The summed E-state index contributed by atoms with van der Waals surface area (Å²) in [5.41, 5.74) is 0.893. The second-order valence-corrected chi connectivity index (χ2v) is 3.42. The van der Waals surface area contributed by atoms with Crippen molar-refractivity contribution in [3.05, 3.63) is 41.1 Å². The van der Waals surface area contributed by atoms with Crippen LogP contribution >= 0.6 is 11.3 Å². The van der Waals surface area contributed by atoms with Gasteiger partial charge in [0.25, 0.3) is 5.78 Å². The number of esters is 1. The van der Waals surface area contributed by atoms with Gasteiger partial charge in [-0.15, -0.1) is 0 Å². The van der Waals surface area contributed by atoms with Gasteiger partial charge in [0.1, 0.15) is 6.61 Å². The Bertz CT molecular complexity index is 377. The molecule has 78 valence electrons. The smallest absolute Gasteiger partial charge is 0.379 e. The van der Waals surface area contributed by atoms with Gasteiger partial charge in [-0.05, 0) is 34.5 Å². The molecule has 1 heterocycles. The van der Waals surface area contributed by atoms with Crippen LogP contribution in [0.15, 0.2) is 35.6 Å². The van der Waals surface area contributed by atoms with Crippen molar-refractivity contribution in [2.45, 2.75) is 0 Å². The van der Waals surface area contributed by atoms with E-state index in [4.69, 9.17) is 0 Å². The van der Waals surface area contributed by atoms with Crippen LogP contribution in [0.5, 0.6) is 0 Å². The zero-order chi connectivity index (χ0) is 11.1. The third-order valence-electron chi connectivity index (χ3n) is 1.50. The Labute approximate surface area is 91.7 Å². The lowest BCUT2D eigenvalue weighted by Gasteiger charge is -1.95. The fourth-order valence-electron chi connectivity index (χ4n) is 0.816. The molecule has 0 N–H and O–H groups in total. The van der Waals surface area contributed by atoms with Crippen LogP contribution in [0.4, 0.5) is 0 Å². The predicted octanol–water partition coefficient (Wildman–Crippen LogP) is 2.06. The van der Waals surface area contributed by atoms with Crippen LogP contribution in [0.25, 0.3) is 6.08 Å². The molecule has 1 aromatic heterocycles. The highest BCUT2D eigenvalue weighted by molar-refractivity contribution is 7.08. The molecule has 0 bridgehead atoms. The van der Waals surface area contributed by atoms with Gasteiger partial charge >= 0.3 is 5.97 Å². The summed E-state index contributed by atoms with van der Waals surface area (Å²) < 4.78 is 4.57. The molecule has 0 radical (unpaired) electrons. The Morgan fingerprint density at radius 1 is 1.53 bits per heavy atom. The minimum absolute atomic E-state index is 0.0524. The van der Waals surface area contributed by atoms with Crippen molar-refractivity contribution in [2.24, 2.45) is 0 Å². The second-order valence-electron chi connectivity index (χ2n) is 2.64. The normalized spacial score (nSPS) is 10.1. The van der Waals surface area contributed by atoms with Gasteiger partial charge in [0.2, 0.25) is 0 Å². The van der Waals surface area contributed by atoms with Gasteiger partial charge < -0.3 is 4.74 Å². The Balaban J connectivity index is 2.48. The first-order chi connectivity index (χ1) is 7.24. The van der Waals surface area contributed by atoms with Crippen LogP contribution in [0.1, 0.15) is 5.56 Å². The van der Waals surface area contributed by atoms with Crippen molar-refractivity contribution in [2.75, 3.05) is 6.61 Å². The highest BCUT2D eigenvalue weighted by Crippen LogP contribution is 2.07. The number of carbonyl (C=O) groups excluding carboxylic acids is 2. The average Bonchev–Trinajstić information content (AvgIpc) is 2.75. The molecule has 0 amide bonds. The number of ketones is 1. The molecule has 1 rings (SSSR count). The highest BCUT2D eigenvalue weighted by atomic mass is 32.1. The van der Waals surface area contributed by atoms with Crippen LogP contribution in [0.3, 0.4) is 0 Å². The monoisotopic (exact) mass is 222 g/mol. The van der Waals surface area contributed by atoms with Crippen LogP contribution in [0, 0.1) is 0 Å². The molecule has 0 saturated heterocycles. The number of ether oxygens (including phenoxy) is 1. The van der Waals surface area contributed by atoms with E-state index in [1.165, 1.54) is 23.5 Å². The quantitative estimate of drug-likeness (QED) is 0.331. The first kappa shape index (κ1) is 11.4. The summed E-state index contributed by atoms with van der Waals surface area (Å²) in [4.78, 5) is 22.1. The van der Waals surface area contributed by atoms with Crippen molar-refractivity contribution in [1.82, 2.24) is 0 Å². The van der Waals surface area contributed by atoms with E-state index in [0.29, 0.717) is 0 Å². The fraction of sp³-hybridized carbons (Fsp3) is 0.0909. The molecule has 15 heavy (non-hydrogen) atoms. The van der Waals surface area contributed by atoms with Crippen molar-refractivity contribution >= 4 is 29.2 Å². The lowest BCUT2D eigenvalue weighted by atomic mass is 10.2. The van der Waals surface area contributed by atoms with Crippen molar-refractivity contribution in [3.63, 3.8) is 0 Å². The molecule has 0 fully saturated rings. The van der Waals surface area contributed by atoms with E-state index in [0.717, 1.165) is 5.56 Å². The van der Waals surface area contributed by atoms with Crippen LogP contribution < -0.4 is 0 Å². The molecular formula is C11H10O3S. The maximum absolute atomic E-state index is 11.2. The Morgan fingerprint density at radius 3 is 2.93 bits per heavy atom. The van der Waals surface area contributed by atoms with Crippen LogP contribution in [-0.2, 0) is 14.3 Å². The summed E-state index contributed by atoms with van der Waals surface area (Å²) in [7, 11) is 0. The van der Waals surface area contributed by atoms with Gasteiger partial charge in [0.15, 0.2) is 0 Å². The van der Waals surface area contributed by atoms with Crippen molar-refractivity contribution < 1.29 is 14.3 Å². The fourth-order valence-corrected chi connectivity index (χ4v) is 1.44. The Hall–Kier alpha value is -1.68. The largest absolute Gasteiger partial charge is 0.455 e. The highest BCUT2D eigenvalue weighted by Gasteiger charge is 2.10. The molecule has 0 spiro atoms. The summed E-state index contributed by atoms with van der Waals surface area (Å²) in [5, 5.41) is 3.76. The Morgan fingerprint density at radius 2 is 2.33 bits per heavy atom. The minimum Gasteiger partial charge on any atom is -0.455 e. The molecule has 0 unspecified atom stereocenters. The van der Waals surface area contributed by atoms with E-state index in [1.807, 2.05) is 16.8 Å². The molecule has 0 aliphatic heterocycles. The van der Waals surface area contributed by atoms with E-state index < -0.39 is 11.8 Å². The molecule has 3 nitrogen and oxygen atoms in total. The molecule has 1 aromatic rings. The van der Waals surface area contributed by atoms with Crippen molar-refractivity contribution in [3.8, 4) is 0 Å². The summed E-state index contributed by atoms with van der Waals surface area (Å²) >= 11 is 1.52. The Kier molecular flexibility index (Phi) is 4.50. The van der Waals surface area contributed by atoms with E-state index >= 15 is 0 Å². The topological polar surface area (TPSA) is 43.4 Å². The van der Waals surface area contributed by atoms with Gasteiger partial charge in [-0.25, -0.2) is 4.79 Å². The number of hydrogen-bond donors (Lipinski definition) is 0. The number of rotatable bonds is 5. The molecule has 0 aromatic carbocycles. The van der Waals surface area contributed by atoms with Crippen LogP contribution in [-0.4, -0.2) is 18.4 Å². The van der Waals surface area contributed by atoms with E-state index in [1.54, 1.807) is 6.08 Å². The first-order valence-electron chi connectivity index (χ1n) is 4.26. The molecule has 0 saturated carbocycles. The summed E-state index contributed by atoms with van der Waals surface area (Å²) in [6, 6.07) is 1.85. The summed E-state index contributed by atoms with van der Waals surface area (Å²) in [6.07, 6.45) is 4.19. The zero-order valence-corrected chi connectivity index (χ0v) is 8.83. The van der Waals surface area contributed by atoms with Crippen LogP contribution in [0.2, 0.25) is 0 Å². The van der Waals surface area contributed by atoms with Gasteiger partial charge in [-0.1, -0.05) is 12.7 Å². The van der Waals surface area contributed by atoms with E-state index in [2.05, 4.69) is 11.3 Å². The third-order valence-corrected chi connectivity index (χ3v) is 2.21. The molecule has 0 aliphatic rings. The number of thiophene rings is 1.